The molecule has 0 saturated carbocycles. The fourth-order valence-electron chi connectivity index (χ4n) is 2.81. The van der Waals surface area contributed by atoms with Crippen LogP contribution in [0.4, 0.5) is 0 Å². The molecule has 2 aromatic carbocycles. The lowest BCUT2D eigenvalue weighted by atomic mass is 10.0. The van der Waals surface area contributed by atoms with Gasteiger partial charge in [-0.25, -0.2) is 0 Å². The Morgan fingerprint density at radius 3 is 2.28 bits per heavy atom. The average Bonchev–Trinajstić information content (AvgIpc) is 2.66. The number of carbonyl (C=O) groups excluding carboxylic acids is 2. The largest absolute Gasteiger partial charge is 0.341 e. The zero-order valence-electron chi connectivity index (χ0n) is 15.9. The first kappa shape index (κ1) is 23.0. The minimum absolute atomic E-state index is 0.123. The SMILES string of the molecule is CC(C)C[C@H](NC(=O)c1ccc(-c2c(Cl)cccc2Cl)c(Cl)c1)C(=O)NCC#N. The first-order chi connectivity index (χ1) is 13.7. The Bertz CT molecular complexity index is 934. The summed E-state index contributed by atoms with van der Waals surface area (Å²) in [5.74, 6) is -0.679. The van der Waals surface area contributed by atoms with Crippen molar-refractivity contribution in [3.05, 3.63) is 57.0 Å². The maximum atomic E-state index is 12.7. The van der Waals surface area contributed by atoms with Crippen LogP contribution in [-0.4, -0.2) is 24.4 Å². The molecule has 0 fully saturated rings. The lowest BCUT2D eigenvalue weighted by molar-refractivity contribution is -0.123. The van der Waals surface area contributed by atoms with Gasteiger partial charge in [0.15, 0.2) is 0 Å². The Morgan fingerprint density at radius 1 is 1.07 bits per heavy atom. The number of rotatable bonds is 7. The van der Waals surface area contributed by atoms with E-state index in [1.165, 1.54) is 6.07 Å². The average molecular weight is 453 g/mol. The summed E-state index contributed by atoms with van der Waals surface area (Å²) in [4.78, 5) is 24.9. The quantitative estimate of drug-likeness (QED) is 0.573. The first-order valence-corrected chi connectivity index (χ1v) is 10.1. The van der Waals surface area contributed by atoms with Crippen molar-refractivity contribution in [2.24, 2.45) is 5.92 Å². The molecule has 152 valence electrons. The van der Waals surface area contributed by atoms with Gasteiger partial charge in [0.2, 0.25) is 5.91 Å². The Kier molecular flexibility index (Phi) is 8.33. The lowest BCUT2D eigenvalue weighted by Crippen LogP contribution is -2.47. The molecule has 1 atom stereocenters. The van der Waals surface area contributed by atoms with E-state index in [0.717, 1.165) is 0 Å². The second-order valence-corrected chi connectivity index (χ2v) is 8.04. The standard InChI is InChI=1S/C21H20Cl3N3O2/c1-12(2)10-18(21(29)26-9-8-25)27-20(28)13-6-7-14(17(24)11-13)19-15(22)4-3-5-16(19)23/h3-7,11-12,18H,9-10H2,1-2H3,(H,26,29)(H,27,28)/t18-/m0/s1. The van der Waals surface area contributed by atoms with Crippen LogP contribution in [0.3, 0.4) is 0 Å². The Balaban J connectivity index is 2.25. The maximum absolute atomic E-state index is 12.7. The molecule has 0 aliphatic rings. The van der Waals surface area contributed by atoms with Gasteiger partial charge in [-0.1, -0.05) is 60.8 Å². The summed E-state index contributed by atoms with van der Waals surface area (Å²) in [5, 5.41) is 15.0. The third-order valence-corrected chi connectivity index (χ3v) is 5.08. The molecular formula is C21H20Cl3N3O2. The van der Waals surface area contributed by atoms with Gasteiger partial charge in [-0.15, -0.1) is 0 Å². The highest BCUT2D eigenvalue weighted by molar-refractivity contribution is 6.41. The fourth-order valence-corrected chi connectivity index (χ4v) is 3.68. The van der Waals surface area contributed by atoms with E-state index in [9.17, 15) is 9.59 Å². The fraction of sp³-hybridized carbons (Fsp3) is 0.286. The molecule has 0 bridgehead atoms. The van der Waals surface area contributed by atoms with Crippen LogP contribution in [0.2, 0.25) is 15.1 Å². The molecule has 0 aromatic heterocycles. The molecule has 0 radical (unpaired) electrons. The third kappa shape index (κ3) is 6.11. The predicted molar refractivity (Wildman–Crippen MR) is 116 cm³/mol. The van der Waals surface area contributed by atoms with Crippen molar-refractivity contribution >= 4 is 46.6 Å². The van der Waals surface area contributed by atoms with Gasteiger partial charge in [0.25, 0.3) is 5.91 Å². The zero-order valence-corrected chi connectivity index (χ0v) is 18.2. The number of nitriles is 1. The number of halogens is 3. The molecular weight excluding hydrogens is 433 g/mol. The summed E-state index contributed by atoms with van der Waals surface area (Å²) < 4.78 is 0. The molecule has 2 N–H and O–H groups in total. The van der Waals surface area contributed by atoms with Gasteiger partial charge in [-0.2, -0.15) is 5.26 Å². The van der Waals surface area contributed by atoms with Gasteiger partial charge < -0.3 is 10.6 Å². The van der Waals surface area contributed by atoms with Gasteiger partial charge in [-0.3, -0.25) is 9.59 Å². The van der Waals surface area contributed by atoms with Crippen molar-refractivity contribution in [3.8, 4) is 17.2 Å². The van der Waals surface area contributed by atoms with Crippen LogP contribution in [0.1, 0.15) is 30.6 Å². The summed E-state index contributed by atoms with van der Waals surface area (Å²) in [5.41, 5.74) is 1.48. The highest BCUT2D eigenvalue weighted by Gasteiger charge is 2.23. The summed E-state index contributed by atoms with van der Waals surface area (Å²) in [7, 11) is 0. The predicted octanol–water partition coefficient (Wildman–Crippen LogP) is 5.10. The number of amides is 2. The molecule has 8 heteroatoms. The zero-order chi connectivity index (χ0) is 21.6. The van der Waals surface area contributed by atoms with E-state index in [2.05, 4.69) is 10.6 Å². The molecule has 0 aliphatic carbocycles. The first-order valence-electron chi connectivity index (χ1n) is 8.94. The summed E-state index contributed by atoms with van der Waals surface area (Å²) >= 11 is 18.9. The van der Waals surface area contributed by atoms with Gasteiger partial charge in [0.1, 0.15) is 12.6 Å². The van der Waals surface area contributed by atoms with Crippen LogP contribution < -0.4 is 10.6 Å². The van der Waals surface area contributed by atoms with Crippen LogP contribution in [0, 0.1) is 17.2 Å². The monoisotopic (exact) mass is 451 g/mol. The number of carbonyl (C=O) groups is 2. The number of hydrogen-bond donors (Lipinski definition) is 2. The minimum atomic E-state index is -0.757. The smallest absolute Gasteiger partial charge is 0.251 e. The highest BCUT2D eigenvalue weighted by Crippen LogP contribution is 2.38. The molecule has 0 heterocycles. The third-order valence-electron chi connectivity index (χ3n) is 4.13. The van der Waals surface area contributed by atoms with E-state index in [1.807, 2.05) is 19.9 Å². The number of hydrogen-bond acceptors (Lipinski definition) is 3. The van der Waals surface area contributed by atoms with Crippen molar-refractivity contribution in [1.82, 2.24) is 10.6 Å². The molecule has 0 spiro atoms. The Labute approximate surface area is 184 Å². The molecule has 2 rings (SSSR count). The van der Waals surface area contributed by atoms with Gasteiger partial charge in [0, 0.05) is 31.8 Å². The van der Waals surface area contributed by atoms with Crippen molar-refractivity contribution in [1.29, 1.82) is 5.26 Å². The van der Waals surface area contributed by atoms with Gasteiger partial charge >= 0.3 is 0 Å². The van der Waals surface area contributed by atoms with Crippen LogP contribution in [0.15, 0.2) is 36.4 Å². The summed E-state index contributed by atoms with van der Waals surface area (Å²) in [6.45, 7) is 3.76. The van der Waals surface area contributed by atoms with Gasteiger partial charge in [0.05, 0.1) is 6.07 Å². The second-order valence-electron chi connectivity index (χ2n) is 6.82. The number of benzene rings is 2. The molecule has 0 saturated heterocycles. The van der Waals surface area contributed by atoms with E-state index in [-0.39, 0.29) is 12.5 Å². The van der Waals surface area contributed by atoms with Crippen molar-refractivity contribution in [2.45, 2.75) is 26.3 Å². The van der Waals surface area contributed by atoms with Crippen LogP contribution >= 0.6 is 34.8 Å². The van der Waals surface area contributed by atoms with Crippen LogP contribution in [-0.2, 0) is 4.79 Å². The molecule has 2 aromatic rings. The Morgan fingerprint density at radius 2 is 1.72 bits per heavy atom. The molecule has 0 aliphatic heterocycles. The Hall–Kier alpha value is -2.26. The van der Waals surface area contributed by atoms with Crippen molar-refractivity contribution < 1.29 is 9.59 Å². The maximum Gasteiger partial charge on any atom is 0.251 e. The number of nitrogens with zero attached hydrogens (tertiary/aromatic N) is 1. The van der Waals surface area contributed by atoms with E-state index in [0.29, 0.717) is 38.2 Å². The van der Waals surface area contributed by atoms with E-state index in [4.69, 9.17) is 40.1 Å². The minimum Gasteiger partial charge on any atom is -0.341 e. The normalized spacial score (nSPS) is 11.6. The topological polar surface area (TPSA) is 82.0 Å². The van der Waals surface area contributed by atoms with Crippen LogP contribution in [0.5, 0.6) is 0 Å². The molecule has 5 nitrogen and oxygen atoms in total. The molecule has 2 amide bonds. The summed E-state index contributed by atoms with van der Waals surface area (Å²) in [6, 6.07) is 11.0. The van der Waals surface area contributed by atoms with E-state index >= 15 is 0 Å². The molecule has 0 unspecified atom stereocenters. The highest BCUT2D eigenvalue weighted by atomic mass is 35.5. The van der Waals surface area contributed by atoms with E-state index in [1.54, 1.807) is 30.3 Å². The second kappa shape index (κ2) is 10.5. The van der Waals surface area contributed by atoms with Crippen LogP contribution in [0.25, 0.3) is 11.1 Å². The van der Waals surface area contributed by atoms with Crippen molar-refractivity contribution in [2.75, 3.05) is 6.54 Å². The lowest BCUT2D eigenvalue weighted by Gasteiger charge is -2.20. The molecule has 29 heavy (non-hydrogen) atoms. The number of nitrogens with one attached hydrogen (secondary N) is 2. The van der Waals surface area contributed by atoms with Crippen molar-refractivity contribution in [3.63, 3.8) is 0 Å². The van der Waals surface area contributed by atoms with E-state index < -0.39 is 17.9 Å². The summed E-state index contributed by atoms with van der Waals surface area (Å²) in [6.07, 6.45) is 0.435. The van der Waals surface area contributed by atoms with Gasteiger partial charge in [-0.05, 0) is 36.6 Å².